The van der Waals surface area contributed by atoms with Crippen LogP contribution in [0.5, 0.6) is 0 Å². The van der Waals surface area contributed by atoms with E-state index in [4.69, 9.17) is 0 Å². The van der Waals surface area contributed by atoms with E-state index in [9.17, 15) is 4.79 Å². The summed E-state index contributed by atoms with van der Waals surface area (Å²) in [5.41, 5.74) is 2.59. The van der Waals surface area contributed by atoms with E-state index in [1.165, 1.54) is 22.9 Å². The normalized spacial score (nSPS) is 10.0. The van der Waals surface area contributed by atoms with Crippen LogP contribution in [0.2, 0.25) is 0 Å². The van der Waals surface area contributed by atoms with E-state index in [0.717, 1.165) is 12.2 Å². The number of carbonyl (C=O) groups is 1. The number of thioether (sulfide) groups is 1. The van der Waals surface area contributed by atoms with E-state index in [0.29, 0.717) is 0 Å². The van der Waals surface area contributed by atoms with Crippen LogP contribution in [0.4, 0.5) is 0 Å². The van der Waals surface area contributed by atoms with Crippen molar-refractivity contribution in [3.8, 4) is 0 Å². The Morgan fingerprint density at radius 3 is 2.46 bits per heavy atom. The van der Waals surface area contributed by atoms with Crippen molar-refractivity contribution in [3.63, 3.8) is 0 Å². The van der Waals surface area contributed by atoms with Crippen molar-refractivity contribution < 1.29 is 4.79 Å². The minimum atomic E-state index is 0.201. The lowest BCUT2D eigenvalue weighted by Gasteiger charge is -1.99. The van der Waals surface area contributed by atoms with Crippen molar-refractivity contribution in [2.45, 2.75) is 20.3 Å². The summed E-state index contributed by atoms with van der Waals surface area (Å²) in [4.78, 5) is 10.7. The standard InChI is InChI=1S/C11H14OS/c1-9-3-5-11(6-4-9)7-8-13-10(2)12/h3-6H,7-8H2,1-2H3. The first-order chi connectivity index (χ1) is 6.18. The molecule has 0 N–H and O–H groups in total. The van der Waals surface area contributed by atoms with Gasteiger partial charge in [-0.05, 0) is 18.9 Å². The highest BCUT2D eigenvalue weighted by atomic mass is 32.2. The topological polar surface area (TPSA) is 17.1 Å². The Morgan fingerprint density at radius 2 is 1.92 bits per heavy atom. The second-order valence-corrected chi connectivity index (χ2v) is 4.35. The molecule has 0 radical (unpaired) electrons. The maximum absolute atomic E-state index is 10.7. The van der Waals surface area contributed by atoms with Crippen molar-refractivity contribution in [3.05, 3.63) is 35.4 Å². The molecule has 0 amide bonds. The van der Waals surface area contributed by atoms with Crippen molar-refractivity contribution >= 4 is 16.9 Å². The molecule has 0 fully saturated rings. The average Bonchev–Trinajstić information content (AvgIpc) is 2.08. The van der Waals surface area contributed by atoms with E-state index in [1.54, 1.807) is 6.92 Å². The molecule has 1 aromatic rings. The molecule has 0 spiro atoms. The van der Waals surface area contributed by atoms with Crippen molar-refractivity contribution in [2.75, 3.05) is 5.75 Å². The third-order valence-corrected chi connectivity index (χ3v) is 2.63. The first-order valence-electron chi connectivity index (χ1n) is 4.37. The lowest BCUT2D eigenvalue weighted by atomic mass is 10.1. The Bertz CT molecular complexity index is 277. The van der Waals surface area contributed by atoms with Crippen LogP contribution in [-0.2, 0) is 11.2 Å². The predicted octanol–water partition coefficient (Wildman–Crippen LogP) is 2.82. The number of hydrogen-bond acceptors (Lipinski definition) is 2. The van der Waals surface area contributed by atoms with Gasteiger partial charge in [0, 0.05) is 12.7 Å². The summed E-state index contributed by atoms with van der Waals surface area (Å²) in [5.74, 6) is 0.887. The summed E-state index contributed by atoms with van der Waals surface area (Å²) < 4.78 is 0. The molecule has 0 aliphatic heterocycles. The lowest BCUT2D eigenvalue weighted by Crippen LogP contribution is -1.91. The third-order valence-electron chi connectivity index (χ3n) is 1.82. The minimum absolute atomic E-state index is 0.201. The number of benzene rings is 1. The molecule has 0 aliphatic carbocycles. The van der Waals surface area contributed by atoms with E-state index >= 15 is 0 Å². The Morgan fingerprint density at radius 1 is 1.31 bits per heavy atom. The van der Waals surface area contributed by atoms with Gasteiger partial charge < -0.3 is 0 Å². The monoisotopic (exact) mass is 194 g/mol. The summed E-state index contributed by atoms with van der Waals surface area (Å²) in [7, 11) is 0. The summed E-state index contributed by atoms with van der Waals surface area (Å²) in [6, 6.07) is 8.45. The Balaban J connectivity index is 2.37. The minimum Gasteiger partial charge on any atom is -0.288 e. The van der Waals surface area contributed by atoms with Crippen LogP contribution in [0.15, 0.2) is 24.3 Å². The highest BCUT2D eigenvalue weighted by Crippen LogP contribution is 2.08. The molecular weight excluding hydrogens is 180 g/mol. The zero-order chi connectivity index (χ0) is 9.68. The highest BCUT2D eigenvalue weighted by Gasteiger charge is 1.95. The summed E-state index contributed by atoms with van der Waals surface area (Å²) >= 11 is 1.39. The van der Waals surface area contributed by atoms with Gasteiger partial charge >= 0.3 is 0 Å². The van der Waals surface area contributed by atoms with Crippen LogP contribution in [-0.4, -0.2) is 10.9 Å². The molecule has 0 aromatic heterocycles. The summed E-state index contributed by atoms with van der Waals surface area (Å²) in [6.45, 7) is 3.69. The largest absolute Gasteiger partial charge is 0.288 e. The fourth-order valence-electron chi connectivity index (χ4n) is 1.07. The molecule has 0 aliphatic rings. The first-order valence-corrected chi connectivity index (χ1v) is 5.36. The van der Waals surface area contributed by atoms with Gasteiger partial charge in [-0.2, -0.15) is 0 Å². The van der Waals surface area contributed by atoms with Crippen molar-refractivity contribution in [2.24, 2.45) is 0 Å². The van der Waals surface area contributed by atoms with Crippen molar-refractivity contribution in [1.82, 2.24) is 0 Å². The Labute approximate surface area is 83.5 Å². The zero-order valence-corrected chi connectivity index (χ0v) is 8.86. The van der Waals surface area contributed by atoms with Gasteiger partial charge in [0.2, 0.25) is 0 Å². The van der Waals surface area contributed by atoms with Gasteiger partial charge in [-0.1, -0.05) is 41.6 Å². The molecule has 70 valence electrons. The summed E-state index contributed by atoms with van der Waals surface area (Å²) in [6.07, 6.45) is 0.977. The molecule has 0 saturated heterocycles. The average molecular weight is 194 g/mol. The molecule has 0 unspecified atom stereocenters. The number of hydrogen-bond donors (Lipinski definition) is 0. The molecule has 2 heteroatoms. The van der Waals surface area contributed by atoms with Crippen LogP contribution in [0.1, 0.15) is 18.1 Å². The quantitative estimate of drug-likeness (QED) is 0.736. The molecular formula is C11H14OS. The Hall–Kier alpha value is -0.760. The molecule has 0 bridgehead atoms. The number of rotatable bonds is 3. The van der Waals surface area contributed by atoms with Gasteiger partial charge in [0.1, 0.15) is 0 Å². The van der Waals surface area contributed by atoms with Crippen molar-refractivity contribution in [1.29, 1.82) is 0 Å². The second kappa shape index (κ2) is 5.07. The molecule has 0 heterocycles. The molecule has 1 nitrogen and oxygen atoms in total. The van der Waals surface area contributed by atoms with Crippen LogP contribution in [0.25, 0.3) is 0 Å². The lowest BCUT2D eigenvalue weighted by molar-refractivity contribution is -0.109. The fourth-order valence-corrected chi connectivity index (χ4v) is 1.69. The first kappa shape index (κ1) is 10.3. The second-order valence-electron chi connectivity index (χ2n) is 3.08. The maximum Gasteiger partial charge on any atom is 0.185 e. The van der Waals surface area contributed by atoms with Gasteiger partial charge in [0.05, 0.1) is 0 Å². The highest BCUT2D eigenvalue weighted by molar-refractivity contribution is 8.13. The van der Waals surface area contributed by atoms with Crippen LogP contribution in [0, 0.1) is 6.92 Å². The SMILES string of the molecule is CC(=O)SCCc1ccc(C)cc1. The molecule has 0 atom stereocenters. The molecule has 1 rings (SSSR count). The molecule has 1 aromatic carbocycles. The molecule has 13 heavy (non-hydrogen) atoms. The van der Waals surface area contributed by atoms with Gasteiger partial charge in [-0.3, -0.25) is 4.79 Å². The van der Waals surface area contributed by atoms with Gasteiger partial charge in [0.25, 0.3) is 0 Å². The third kappa shape index (κ3) is 4.13. The van der Waals surface area contributed by atoms with Gasteiger partial charge in [-0.15, -0.1) is 0 Å². The van der Waals surface area contributed by atoms with Gasteiger partial charge in [-0.25, -0.2) is 0 Å². The maximum atomic E-state index is 10.7. The van der Waals surface area contributed by atoms with E-state index < -0.39 is 0 Å². The van der Waals surface area contributed by atoms with Crippen LogP contribution >= 0.6 is 11.8 Å². The number of aryl methyl sites for hydroxylation is 2. The van der Waals surface area contributed by atoms with E-state index in [1.807, 2.05) is 0 Å². The van der Waals surface area contributed by atoms with Crippen LogP contribution in [0.3, 0.4) is 0 Å². The predicted molar refractivity (Wildman–Crippen MR) is 58.0 cm³/mol. The van der Waals surface area contributed by atoms with Gasteiger partial charge in [0.15, 0.2) is 5.12 Å². The van der Waals surface area contributed by atoms with E-state index in [2.05, 4.69) is 31.2 Å². The van der Waals surface area contributed by atoms with Crippen LogP contribution < -0.4 is 0 Å². The number of carbonyl (C=O) groups excluding carboxylic acids is 1. The fraction of sp³-hybridized carbons (Fsp3) is 0.364. The Kier molecular flexibility index (Phi) is 4.03. The summed E-state index contributed by atoms with van der Waals surface area (Å²) in [5, 5.41) is 0.201. The molecule has 0 saturated carbocycles. The van der Waals surface area contributed by atoms with E-state index in [-0.39, 0.29) is 5.12 Å². The smallest absolute Gasteiger partial charge is 0.185 e. The zero-order valence-electron chi connectivity index (χ0n) is 8.04.